The number of aromatic nitrogens is 4. The molecule has 56 heavy (non-hydrogen) atoms. The molecular formula is C51H31N5. The summed E-state index contributed by atoms with van der Waals surface area (Å²) in [6, 6.07) is 57.4. The summed E-state index contributed by atoms with van der Waals surface area (Å²) in [5.41, 5.74) is 12.1. The Bertz CT molecular complexity index is 3630. The first kappa shape index (κ1) is 30.0. The molecule has 5 heterocycles. The first-order valence-electron chi connectivity index (χ1n) is 19.3. The minimum atomic E-state index is 0.727. The van der Waals surface area contributed by atoms with Crippen LogP contribution >= 0.6 is 0 Å². The van der Waals surface area contributed by atoms with E-state index in [9.17, 15) is 0 Å². The molecule has 8 aromatic carbocycles. The summed E-state index contributed by atoms with van der Waals surface area (Å²) in [4.78, 5) is 15.0. The highest BCUT2D eigenvalue weighted by atomic mass is 15.0. The summed E-state index contributed by atoms with van der Waals surface area (Å²) in [7, 11) is 0. The van der Waals surface area contributed by atoms with E-state index in [1.54, 1.807) is 0 Å². The minimum absolute atomic E-state index is 0.727. The number of para-hydroxylation sites is 2. The van der Waals surface area contributed by atoms with Crippen molar-refractivity contribution in [3.8, 4) is 28.3 Å². The maximum absolute atomic E-state index is 5.14. The second-order valence-corrected chi connectivity index (χ2v) is 15.1. The number of benzene rings is 8. The van der Waals surface area contributed by atoms with E-state index in [4.69, 9.17) is 15.0 Å². The van der Waals surface area contributed by atoms with Crippen molar-refractivity contribution in [2.24, 2.45) is 4.99 Å². The van der Waals surface area contributed by atoms with E-state index in [0.29, 0.717) is 0 Å². The van der Waals surface area contributed by atoms with Crippen LogP contribution in [-0.4, -0.2) is 25.2 Å². The van der Waals surface area contributed by atoms with Gasteiger partial charge in [0.1, 0.15) is 11.4 Å². The van der Waals surface area contributed by atoms with Crippen LogP contribution in [0.4, 0.5) is 5.69 Å². The zero-order valence-corrected chi connectivity index (χ0v) is 30.2. The van der Waals surface area contributed by atoms with Gasteiger partial charge in [-0.1, -0.05) is 115 Å². The molecule has 0 unspecified atom stereocenters. The third-order valence-electron chi connectivity index (χ3n) is 12.1. The average Bonchev–Trinajstić information content (AvgIpc) is 3.91. The molecule has 0 spiro atoms. The highest BCUT2D eigenvalue weighted by Gasteiger charge is 2.26. The van der Waals surface area contributed by atoms with Crippen molar-refractivity contribution in [3.05, 3.63) is 163 Å². The minimum Gasteiger partial charge on any atom is -0.309 e. The molecule has 0 bridgehead atoms. The van der Waals surface area contributed by atoms with Crippen LogP contribution in [0.25, 0.3) is 110 Å². The van der Waals surface area contributed by atoms with Crippen molar-refractivity contribution >= 4 is 93.3 Å². The second-order valence-electron chi connectivity index (χ2n) is 15.1. The molecule has 0 saturated carbocycles. The molecule has 0 radical (unpaired) electrons. The predicted molar refractivity (Wildman–Crippen MR) is 233 cm³/mol. The molecule has 0 aliphatic carbocycles. The number of fused-ring (bicyclic) bond motifs is 15. The van der Waals surface area contributed by atoms with E-state index in [-0.39, 0.29) is 0 Å². The Morgan fingerprint density at radius 2 is 1.16 bits per heavy atom. The van der Waals surface area contributed by atoms with Gasteiger partial charge in [-0.15, -0.1) is 0 Å². The maximum Gasteiger partial charge on any atom is 0.160 e. The van der Waals surface area contributed by atoms with Crippen LogP contribution in [0.1, 0.15) is 12.1 Å². The number of rotatable bonds is 3. The number of aryl methyl sites for hydroxylation is 1. The summed E-state index contributed by atoms with van der Waals surface area (Å²) in [6.45, 7) is 0. The third kappa shape index (κ3) is 3.96. The van der Waals surface area contributed by atoms with E-state index < -0.39 is 0 Å². The van der Waals surface area contributed by atoms with Crippen molar-refractivity contribution in [2.75, 3.05) is 0 Å². The molecule has 1 aliphatic heterocycles. The van der Waals surface area contributed by atoms with Crippen LogP contribution in [0.5, 0.6) is 0 Å². The molecule has 5 nitrogen and oxygen atoms in total. The fraction of sp³-hybridized carbons (Fsp3) is 0.0392. The molecule has 5 heteroatoms. The first-order chi connectivity index (χ1) is 27.8. The van der Waals surface area contributed by atoms with E-state index in [1.165, 1.54) is 81.4 Å². The summed E-state index contributed by atoms with van der Waals surface area (Å²) in [6.07, 6.45) is 3.72. The highest BCUT2D eigenvalue weighted by Crippen LogP contribution is 2.49. The molecule has 13 rings (SSSR count). The smallest absolute Gasteiger partial charge is 0.160 e. The zero-order chi connectivity index (χ0) is 36.5. The molecule has 0 amide bonds. The van der Waals surface area contributed by atoms with E-state index in [0.717, 1.165) is 52.6 Å². The van der Waals surface area contributed by atoms with Gasteiger partial charge in [-0.2, -0.15) is 0 Å². The Kier molecular flexibility index (Phi) is 5.94. The van der Waals surface area contributed by atoms with E-state index in [1.807, 2.05) is 12.3 Å². The van der Waals surface area contributed by atoms with Crippen LogP contribution in [0, 0.1) is 0 Å². The van der Waals surface area contributed by atoms with Gasteiger partial charge in [-0.3, -0.25) is 4.99 Å². The molecule has 260 valence electrons. The van der Waals surface area contributed by atoms with Crippen molar-refractivity contribution in [1.29, 1.82) is 0 Å². The van der Waals surface area contributed by atoms with Gasteiger partial charge in [0.15, 0.2) is 5.82 Å². The van der Waals surface area contributed by atoms with Gasteiger partial charge >= 0.3 is 0 Å². The summed E-state index contributed by atoms with van der Waals surface area (Å²) < 4.78 is 5.04. The van der Waals surface area contributed by atoms with Crippen molar-refractivity contribution in [1.82, 2.24) is 18.9 Å². The van der Waals surface area contributed by atoms with Crippen LogP contribution in [0.15, 0.2) is 163 Å². The molecule has 0 saturated heterocycles. The van der Waals surface area contributed by atoms with Crippen molar-refractivity contribution in [3.63, 3.8) is 0 Å². The van der Waals surface area contributed by atoms with Gasteiger partial charge in [-0.25, -0.2) is 9.97 Å². The molecule has 1 aliphatic rings. The Balaban J connectivity index is 1.11. The topological polar surface area (TPSA) is 47.5 Å². The molecule has 0 fully saturated rings. The summed E-state index contributed by atoms with van der Waals surface area (Å²) in [5, 5.41) is 12.7. The standard InChI is InChI=1S/C51H31N5/c1-2-12-30(13-3-1)46-47-41(21-11-27-52-47)53-51(54-46)31-23-25-34(26-24-31)55-42-22-9-8-18-38(42)45-49(55)36-17-7-6-16-35(36)44-39-20-10-19-37-40-28-32-14-4-5-15-33(32)29-43(40)56(48(37)39)50(44)45/h1-10,12-20,22-29H,11,21H2. The quantitative estimate of drug-likeness (QED) is 0.183. The van der Waals surface area contributed by atoms with E-state index >= 15 is 0 Å². The predicted octanol–water partition coefficient (Wildman–Crippen LogP) is 13.0. The fourth-order valence-electron chi connectivity index (χ4n) is 9.70. The lowest BCUT2D eigenvalue weighted by atomic mass is 9.98. The normalized spacial score (nSPS) is 13.1. The van der Waals surface area contributed by atoms with Crippen LogP contribution < -0.4 is 0 Å². The van der Waals surface area contributed by atoms with Crippen LogP contribution in [0.3, 0.4) is 0 Å². The number of aliphatic imine (C=N–C) groups is 1. The van der Waals surface area contributed by atoms with Gasteiger partial charge in [-0.05, 0) is 71.5 Å². The first-order valence-corrected chi connectivity index (χ1v) is 19.3. The molecule has 12 aromatic rings. The second kappa shape index (κ2) is 11.1. The number of hydrogen-bond acceptors (Lipinski definition) is 3. The molecule has 0 N–H and O–H groups in total. The summed E-state index contributed by atoms with van der Waals surface area (Å²) >= 11 is 0. The Labute approximate surface area is 320 Å². The Hall–Kier alpha value is -7.37. The fourth-order valence-corrected chi connectivity index (χ4v) is 9.70. The SMILES string of the molecule is C1=Nc2c(nc(-c3ccc(-n4c5ccccc5c5c4c4ccccc4c4c6cccc7c8cc9ccccc9cc8n(c76)c45)cc3)nc2-c2ccccc2)CC1. The van der Waals surface area contributed by atoms with Gasteiger partial charge in [0.05, 0.1) is 33.3 Å². The Morgan fingerprint density at radius 1 is 0.464 bits per heavy atom. The molecule has 4 aromatic heterocycles. The lowest BCUT2D eigenvalue weighted by molar-refractivity contribution is 0.943. The monoisotopic (exact) mass is 713 g/mol. The number of nitrogens with zero attached hydrogens (tertiary/aromatic N) is 5. The van der Waals surface area contributed by atoms with Gasteiger partial charge in [0.2, 0.25) is 0 Å². The largest absolute Gasteiger partial charge is 0.309 e. The maximum atomic E-state index is 5.14. The molecular weight excluding hydrogens is 683 g/mol. The molecule has 0 atom stereocenters. The van der Waals surface area contributed by atoms with Gasteiger partial charge in [0, 0.05) is 60.7 Å². The lowest BCUT2D eigenvalue weighted by Crippen LogP contribution is -2.04. The average molecular weight is 714 g/mol. The Morgan fingerprint density at radius 3 is 2.02 bits per heavy atom. The summed E-state index contributed by atoms with van der Waals surface area (Å²) in [5.74, 6) is 0.727. The van der Waals surface area contributed by atoms with Crippen LogP contribution in [0.2, 0.25) is 0 Å². The van der Waals surface area contributed by atoms with Crippen molar-refractivity contribution < 1.29 is 0 Å². The highest BCUT2D eigenvalue weighted by molar-refractivity contribution is 6.39. The van der Waals surface area contributed by atoms with Gasteiger partial charge < -0.3 is 8.97 Å². The zero-order valence-electron chi connectivity index (χ0n) is 30.2. The van der Waals surface area contributed by atoms with E-state index in [2.05, 4.69) is 161 Å². The van der Waals surface area contributed by atoms with Gasteiger partial charge in [0.25, 0.3) is 0 Å². The number of hydrogen-bond donors (Lipinski definition) is 0. The lowest BCUT2D eigenvalue weighted by Gasteiger charge is -2.15. The van der Waals surface area contributed by atoms with Crippen molar-refractivity contribution in [2.45, 2.75) is 12.8 Å². The van der Waals surface area contributed by atoms with Crippen LogP contribution in [-0.2, 0) is 6.42 Å². The third-order valence-corrected chi connectivity index (χ3v) is 12.1.